The second-order valence-corrected chi connectivity index (χ2v) is 4.34. The molecule has 19 heavy (non-hydrogen) atoms. The van der Waals surface area contributed by atoms with E-state index in [1.807, 2.05) is 0 Å². The summed E-state index contributed by atoms with van der Waals surface area (Å²) in [5, 5.41) is 19.9. The van der Waals surface area contributed by atoms with E-state index in [9.17, 15) is 4.79 Å². The largest absolute Gasteiger partial charge is 0.481 e. The highest BCUT2D eigenvalue weighted by Crippen LogP contribution is 2.16. The summed E-state index contributed by atoms with van der Waals surface area (Å²) in [5.41, 5.74) is 0.457. The zero-order valence-corrected chi connectivity index (χ0v) is 10.8. The summed E-state index contributed by atoms with van der Waals surface area (Å²) in [6, 6.07) is 3.29. The smallest absolute Gasteiger partial charge is 0.313 e. The van der Waals surface area contributed by atoms with Crippen LogP contribution in [0.3, 0.4) is 0 Å². The molecule has 0 aliphatic rings. The van der Waals surface area contributed by atoms with E-state index >= 15 is 0 Å². The fourth-order valence-electron chi connectivity index (χ4n) is 1.19. The van der Waals surface area contributed by atoms with Crippen molar-refractivity contribution in [3.05, 3.63) is 18.0 Å². The molecule has 0 aliphatic heterocycles. The highest BCUT2D eigenvalue weighted by molar-refractivity contribution is 7.99. The van der Waals surface area contributed by atoms with Crippen LogP contribution in [-0.4, -0.2) is 44.3 Å². The van der Waals surface area contributed by atoms with Gasteiger partial charge < -0.3 is 14.4 Å². The molecule has 0 radical (unpaired) electrons. The molecular weight excluding hydrogens is 272 g/mol. The maximum absolute atomic E-state index is 10.4. The van der Waals surface area contributed by atoms with Crippen LogP contribution < -0.4 is 4.74 Å². The quantitative estimate of drug-likeness (QED) is 0.823. The molecule has 1 N–H and O–H groups in total. The zero-order chi connectivity index (χ0) is 13.7. The monoisotopic (exact) mass is 282 g/mol. The minimum absolute atomic E-state index is 0.0138. The van der Waals surface area contributed by atoms with Crippen LogP contribution in [0.1, 0.15) is 5.89 Å². The number of aliphatic carboxylic acids is 1. The van der Waals surface area contributed by atoms with Crippen molar-refractivity contribution in [1.82, 2.24) is 20.3 Å². The van der Waals surface area contributed by atoms with E-state index in [2.05, 4.69) is 20.3 Å². The number of nitrogens with zero attached hydrogens (tertiary/aromatic N) is 4. The summed E-state index contributed by atoms with van der Waals surface area (Å²) in [5.74, 6) is 0.485. The van der Waals surface area contributed by atoms with Gasteiger partial charge in [0.1, 0.15) is 5.69 Å². The van der Waals surface area contributed by atoms with Gasteiger partial charge in [0.2, 0.25) is 17.6 Å². The number of carboxylic acid groups (broad SMARTS) is 1. The van der Waals surface area contributed by atoms with Crippen LogP contribution in [0.5, 0.6) is 5.88 Å². The fraction of sp³-hybridized carbons (Fsp3) is 0.300. The van der Waals surface area contributed by atoms with Gasteiger partial charge in [0.05, 0.1) is 18.6 Å². The van der Waals surface area contributed by atoms with Crippen LogP contribution in [0.4, 0.5) is 0 Å². The summed E-state index contributed by atoms with van der Waals surface area (Å²) in [6.45, 7) is 0. The van der Waals surface area contributed by atoms with Crippen molar-refractivity contribution in [1.29, 1.82) is 0 Å². The van der Waals surface area contributed by atoms with E-state index in [-0.39, 0.29) is 5.75 Å². The Morgan fingerprint density at radius 2 is 2.32 bits per heavy atom. The van der Waals surface area contributed by atoms with Crippen molar-refractivity contribution in [3.63, 3.8) is 0 Å². The van der Waals surface area contributed by atoms with Crippen molar-refractivity contribution in [2.45, 2.75) is 5.75 Å². The first kappa shape index (κ1) is 13.3. The Morgan fingerprint density at radius 1 is 1.47 bits per heavy atom. The summed E-state index contributed by atoms with van der Waals surface area (Å²) < 4.78 is 9.87. The van der Waals surface area contributed by atoms with Crippen molar-refractivity contribution >= 4 is 17.7 Å². The van der Waals surface area contributed by atoms with Crippen molar-refractivity contribution in [2.24, 2.45) is 0 Å². The average molecular weight is 282 g/mol. The number of ether oxygens (including phenoxy) is 1. The lowest BCUT2D eigenvalue weighted by atomic mass is 10.4. The Kier molecular flexibility index (Phi) is 4.29. The summed E-state index contributed by atoms with van der Waals surface area (Å²) in [6.07, 6.45) is 0. The van der Waals surface area contributed by atoms with E-state index in [0.29, 0.717) is 29.0 Å². The number of carboxylic acids is 1. The SMILES string of the molecule is COc1ccc(-c2noc(CSCC(=O)O)n2)nn1. The maximum atomic E-state index is 10.4. The molecule has 9 heteroatoms. The summed E-state index contributed by atoms with van der Waals surface area (Å²) in [4.78, 5) is 14.5. The van der Waals surface area contributed by atoms with E-state index in [1.54, 1.807) is 12.1 Å². The van der Waals surface area contributed by atoms with Crippen LogP contribution in [-0.2, 0) is 10.5 Å². The minimum Gasteiger partial charge on any atom is -0.481 e. The highest BCUT2D eigenvalue weighted by atomic mass is 32.2. The molecule has 8 nitrogen and oxygen atoms in total. The second kappa shape index (κ2) is 6.14. The topological polar surface area (TPSA) is 111 Å². The second-order valence-electron chi connectivity index (χ2n) is 3.36. The lowest BCUT2D eigenvalue weighted by Gasteiger charge is -1.96. The van der Waals surface area contributed by atoms with Crippen molar-refractivity contribution in [2.75, 3.05) is 12.9 Å². The van der Waals surface area contributed by atoms with Crippen LogP contribution in [0.2, 0.25) is 0 Å². The summed E-state index contributed by atoms with van der Waals surface area (Å²) in [7, 11) is 1.50. The van der Waals surface area contributed by atoms with Crippen molar-refractivity contribution in [3.8, 4) is 17.4 Å². The molecule has 0 atom stereocenters. The van der Waals surface area contributed by atoms with E-state index in [0.717, 1.165) is 0 Å². The lowest BCUT2D eigenvalue weighted by molar-refractivity contribution is -0.133. The van der Waals surface area contributed by atoms with Gasteiger partial charge in [-0.3, -0.25) is 4.79 Å². The first-order valence-electron chi connectivity index (χ1n) is 5.19. The predicted molar refractivity (Wildman–Crippen MR) is 65.7 cm³/mol. The summed E-state index contributed by atoms with van der Waals surface area (Å²) >= 11 is 1.18. The van der Waals surface area contributed by atoms with Gasteiger partial charge in [-0.1, -0.05) is 5.16 Å². The molecule has 0 saturated heterocycles. The van der Waals surface area contributed by atoms with Gasteiger partial charge in [-0.05, 0) is 6.07 Å². The van der Waals surface area contributed by atoms with E-state index in [4.69, 9.17) is 14.4 Å². The Labute approximate surface area is 112 Å². The maximum Gasteiger partial charge on any atom is 0.313 e. The predicted octanol–water partition coefficient (Wildman–Crippen LogP) is 0.853. The van der Waals surface area contributed by atoms with Crippen molar-refractivity contribution < 1.29 is 19.2 Å². The van der Waals surface area contributed by atoms with Gasteiger partial charge in [0.15, 0.2) is 0 Å². The van der Waals surface area contributed by atoms with E-state index < -0.39 is 5.97 Å². The molecule has 0 spiro atoms. The number of hydrogen-bond donors (Lipinski definition) is 1. The molecule has 0 fully saturated rings. The molecule has 0 unspecified atom stereocenters. The Balaban J connectivity index is 2.01. The molecule has 0 aliphatic carbocycles. The van der Waals surface area contributed by atoms with Crippen LogP contribution in [0.15, 0.2) is 16.7 Å². The molecule has 0 saturated carbocycles. The molecule has 2 aromatic rings. The molecule has 2 heterocycles. The Morgan fingerprint density at radius 3 is 2.95 bits per heavy atom. The van der Waals surface area contributed by atoms with Gasteiger partial charge in [-0.25, -0.2) is 0 Å². The van der Waals surface area contributed by atoms with Gasteiger partial charge in [-0.2, -0.15) is 4.98 Å². The minimum atomic E-state index is -0.884. The number of rotatable bonds is 6. The normalized spacial score (nSPS) is 10.4. The van der Waals surface area contributed by atoms with Crippen LogP contribution >= 0.6 is 11.8 Å². The Hall–Kier alpha value is -2.16. The first-order valence-corrected chi connectivity index (χ1v) is 6.34. The number of carbonyl (C=O) groups is 1. The number of thioether (sulfide) groups is 1. The molecule has 100 valence electrons. The Bertz CT molecular complexity index is 557. The molecule has 2 rings (SSSR count). The molecule has 0 amide bonds. The average Bonchev–Trinajstić information content (AvgIpc) is 2.87. The molecule has 2 aromatic heterocycles. The standard InChI is InChI=1S/C10H10N4O4S/c1-17-7-3-2-6(12-13-7)10-11-8(18-14-10)4-19-5-9(15)16/h2-3H,4-5H2,1H3,(H,15,16). The first-order chi connectivity index (χ1) is 9.19. The third kappa shape index (κ3) is 3.65. The third-order valence-corrected chi connectivity index (χ3v) is 2.90. The zero-order valence-electron chi connectivity index (χ0n) is 9.94. The van der Waals surface area contributed by atoms with Crippen LogP contribution in [0, 0.1) is 0 Å². The van der Waals surface area contributed by atoms with Gasteiger partial charge in [0, 0.05) is 6.07 Å². The van der Waals surface area contributed by atoms with Gasteiger partial charge >= 0.3 is 5.97 Å². The van der Waals surface area contributed by atoms with Gasteiger partial charge in [-0.15, -0.1) is 22.0 Å². The lowest BCUT2D eigenvalue weighted by Crippen LogP contribution is -1.98. The number of aromatic nitrogens is 4. The van der Waals surface area contributed by atoms with E-state index in [1.165, 1.54) is 18.9 Å². The van der Waals surface area contributed by atoms with Gasteiger partial charge in [0.25, 0.3) is 0 Å². The highest BCUT2D eigenvalue weighted by Gasteiger charge is 2.11. The third-order valence-electron chi connectivity index (χ3n) is 2.00. The fourth-order valence-corrected chi connectivity index (χ4v) is 1.76. The molecule has 0 bridgehead atoms. The van der Waals surface area contributed by atoms with Crippen LogP contribution in [0.25, 0.3) is 11.5 Å². The number of hydrogen-bond acceptors (Lipinski definition) is 8. The molecular formula is C10H10N4O4S. The number of methoxy groups -OCH3 is 1. The molecule has 0 aromatic carbocycles.